The van der Waals surface area contributed by atoms with E-state index in [9.17, 15) is 14.5 Å². The minimum absolute atomic E-state index is 0.420. The molecule has 0 atom stereocenters. The van der Waals surface area contributed by atoms with Gasteiger partial charge in [0.15, 0.2) is 0 Å². The van der Waals surface area contributed by atoms with Crippen molar-refractivity contribution in [1.82, 2.24) is 4.90 Å². The van der Waals surface area contributed by atoms with E-state index in [4.69, 9.17) is 0 Å². The Bertz CT molecular complexity index is 531. The molecule has 3 rings (SSSR count). The van der Waals surface area contributed by atoms with E-state index in [0.717, 1.165) is 13.1 Å². The van der Waals surface area contributed by atoms with Gasteiger partial charge in [-0.25, -0.2) is 0 Å². The minimum atomic E-state index is -0.677. The minimum Gasteiger partial charge on any atom is -0.299 e. The van der Waals surface area contributed by atoms with Crippen molar-refractivity contribution in [2.45, 2.75) is 45.1 Å². The number of hydrogen-bond donors (Lipinski definition) is 0. The number of hydrogen-bond acceptors (Lipinski definition) is 3. The van der Waals surface area contributed by atoms with E-state index in [1.165, 1.54) is 44.6 Å². The molecule has 1 aromatic carbocycles. The number of rotatable bonds is 3. The first-order valence-corrected chi connectivity index (χ1v) is 7.74. The van der Waals surface area contributed by atoms with Crippen molar-refractivity contribution in [2.75, 3.05) is 13.1 Å². The van der Waals surface area contributed by atoms with Gasteiger partial charge >= 0.3 is 5.69 Å². The first-order chi connectivity index (χ1) is 10.1. The number of nitro benzene ring substituents is 1. The maximum absolute atomic E-state index is 14.1. The van der Waals surface area contributed by atoms with Crippen molar-refractivity contribution in [2.24, 2.45) is 5.41 Å². The van der Waals surface area contributed by atoms with Crippen LogP contribution in [0.1, 0.15) is 44.1 Å². The molecular weight excluding hydrogens is 271 g/mol. The summed E-state index contributed by atoms with van der Waals surface area (Å²) in [5, 5.41) is 10.8. The van der Waals surface area contributed by atoms with Crippen molar-refractivity contribution in [3.63, 3.8) is 0 Å². The molecule has 0 unspecified atom stereocenters. The van der Waals surface area contributed by atoms with Crippen LogP contribution < -0.4 is 0 Å². The molecule has 2 fully saturated rings. The molecule has 114 valence electrons. The molecule has 0 radical (unpaired) electrons. The first kappa shape index (κ1) is 14.4. The second-order valence-electron chi connectivity index (χ2n) is 6.49. The average molecular weight is 292 g/mol. The Morgan fingerprint density at radius 2 is 1.86 bits per heavy atom. The van der Waals surface area contributed by atoms with Crippen LogP contribution >= 0.6 is 0 Å². The van der Waals surface area contributed by atoms with Crippen molar-refractivity contribution in [3.8, 4) is 0 Å². The molecule has 1 aliphatic heterocycles. The molecular formula is C16H21FN2O2. The molecule has 21 heavy (non-hydrogen) atoms. The fourth-order valence-electron chi connectivity index (χ4n) is 3.88. The summed E-state index contributed by atoms with van der Waals surface area (Å²) >= 11 is 0. The summed E-state index contributed by atoms with van der Waals surface area (Å²) in [6, 6.07) is 4.45. The van der Waals surface area contributed by atoms with E-state index in [1.54, 1.807) is 12.1 Å². The molecule has 1 saturated heterocycles. The first-order valence-electron chi connectivity index (χ1n) is 7.74. The lowest BCUT2D eigenvalue weighted by molar-refractivity contribution is -0.387. The molecule has 2 aliphatic rings. The summed E-state index contributed by atoms with van der Waals surface area (Å²) in [4.78, 5) is 12.4. The fraction of sp³-hybridized carbons (Fsp3) is 0.625. The number of nitrogens with zero attached hydrogens (tertiary/aromatic N) is 2. The molecule has 1 aliphatic carbocycles. The highest BCUT2D eigenvalue weighted by atomic mass is 19.1. The third-order valence-electron chi connectivity index (χ3n) is 5.23. The van der Waals surface area contributed by atoms with Crippen LogP contribution in [0.3, 0.4) is 0 Å². The maximum atomic E-state index is 14.1. The van der Waals surface area contributed by atoms with Crippen LogP contribution in [0, 0.1) is 21.3 Å². The van der Waals surface area contributed by atoms with E-state index in [2.05, 4.69) is 4.90 Å². The smallest absolute Gasteiger partial charge is 0.299 e. The Morgan fingerprint density at radius 1 is 1.19 bits per heavy atom. The maximum Gasteiger partial charge on any atom is 0.305 e. The third kappa shape index (κ3) is 2.93. The van der Waals surface area contributed by atoms with Crippen LogP contribution in [0.4, 0.5) is 10.1 Å². The molecule has 1 heterocycles. The Balaban J connectivity index is 1.65. The van der Waals surface area contributed by atoms with Crippen LogP contribution in [-0.2, 0) is 6.54 Å². The van der Waals surface area contributed by atoms with Gasteiger partial charge in [-0.15, -0.1) is 0 Å². The van der Waals surface area contributed by atoms with Crippen LogP contribution in [-0.4, -0.2) is 22.9 Å². The Hall–Kier alpha value is -1.49. The summed E-state index contributed by atoms with van der Waals surface area (Å²) in [6.07, 6.45) is 7.74. The number of benzene rings is 1. The van der Waals surface area contributed by atoms with Crippen molar-refractivity contribution < 1.29 is 9.31 Å². The fourth-order valence-corrected chi connectivity index (χ4v) is 3.88. The van der Waals surface area contributed by atoms with Crippen LogP contribution in [0.15, 0.2) is 18.2 Å². The van der Waals surface area contributed by atoms with Crippen LogP contribution in [0.5, 0.6) is 0 Å². The lowest BCUT2D eigenvalue weighted by Gasteiger charge is -2.39. The van der Waals surface area contributed by atoms with E-state index in [1.807, 2.05) is 0 Å². The second-order valence-corrected chi connectivity index (χ2v) is 6.49. The van der Waals surface area contributed by atoms with Gasteiger partial charge in [-0.2, -0.15) is 4.39 Å². The number of piperidine rings is 1. The summed E-state index contributed by atoms with van der Waals surface area (Å²) < 4.78 is 14.1. The van der Waals surface area contributed by atoms with Gasteiger partial charge < -0.3 is 0 Å². The lowest BCUT2D eigenvalue weighted by Crippen LogP contribution is -2.38. The zero-order valence-corrected chi connectivity index (χ0v) is 12.2. The molecule has 0 aromatic heterocycles. The van der Waals surface area contributed by atoms with Gasteiger partial charge in [0.05, 0.1) is 4.92 Å². The number of likely N-dealkylation sites (tertiary alicyclic amines) is 1. The highest BCUT2D eigenvalue weighted by Crippen LogP contribution is 2.46. The molecule has 1 spiro atoms. The quantitative estimate of drug-likeness (QED) is 0.627. The molecule has 1 saturated carbocycles. The third-order valence-corrected chi connectivity index (χ3v) is 5.23. The largest absolute Gasteiger partial charge is 0.305 e. The predicted octanol–water partition coefficient (Wildman–Crippen LogP) is 3.89. The highest BCUT2D eigenvalue weighted by molar-refractivity contribution is 5.36. The van der Waals surface area contributed by atoms with Gasteiger partial charge in [0.25, 0.3) is 0 Å². The van der Waals surface area contributed by atoms with Gasteiger partial charge in [-0.1, -0.05) is 25.0 Å². The van der Waals surface area contributed by atoms with Crippen LogP contribution in [0.2, 0.25) is 0 Å². The highest BCUT2D eigenvalue weighted by Gasteiger charge is 2.37. The van der Waals surface area contributed by atoms with Gasteiger partial charge in [-0.05, 0) is 44.2 Å². The van der Waals surface area contributed by atoms with Crippen LogP contribution in [0.25, 0.3) is 0 Å². The zero-order chi connectivity index (χ0) is 14.9. The summed E-state index contributed by atoms with van der Waals surface area (Å²) in [6.45, 7) is 2.42. The van der Waals surface area contributed by atoms with E-state index in [0.29, 0.717) is 17.5 Å². The topological polar surface area (TPSA) is 46.4 Å². The van der Waals surface area contributed by atoms with Crippen molar-refractivity contribution in [3.05, 3.63) is 39.7 Å². The molecule has 5 heteroatoms. The SMILES string of the molecule is O=[N+]([O-])c1cccc(CN2CCC3(CCCC3)CC2)c1F. The standard InChI is InChI=1S/C16H21FN2O2/c17-15-13(4-3-5-14(15)19(20)21)12-18-10-8-16(9-11-18)6-1-2-7-16/h3-5H,1-2,6-12H2. The summed E-state index contributed by atoms with van der Waals surface area (Å²) in [5.41, 5.74) is 0.556. The number of nitro groups is 1. The normalized spacial score (nSPS) is 21.8. The number of halogens is 1. The molecule has 0 N–H and O–H groups in total. The zero-order valence-electron chi connectivity index (χ0n) is 12.2. The Kier molecular flexibility index (Phi) is 3.93. The summed E-state index contributed by atoms with van der Waals surface area (Å²) in [7, 11) is 0. The van der Waals surface area contributed by atoms with E-state index >= 15 is 0 Å². The molecule has 1 aromatic rings. The summed E-state index contributed by atoms with van der Waals surface area (Å²) in [5.74, 6) is -0.677. The van der Waals surface area contributed by atoms with Gasteiger partial charge in [-0.3, -0.25) is 15.0 Å². The Morgan fingerprint density at radius 3 is 2.48 bits per heavy atom. The van der Waals surface area contributed by atoms with Gasteiger partial charge in [0.1, 0.15) is 0 Å². The predicted molar refractivity (Wildman–Crippen MR) is 78.5 cm³/mol. The average Bonchev–Trinajstić information content (AvgIpc) is 2.92. The monoisotopic (exact) mass is 292 g/mol. The van der Waals surface area contributed by atoms with Crippen molar-refractivity contribution >= 4 is 5.69 Å². The Labute approximate surface area is 124 Å². The lowest BCUT2D eigenvalue weighted by atomic mass is 9.77. The van der Waals surface area contributed by atoms with Gasteiger partial charge in [0.2, 0.25) is 5.82 Å². The second kappa shape index (κ2) is 5.72. The molecule has 0 amide bonds. The van der Waals surface area contributed by atoms with E-state index in [-0.39, 0.29) is 0 Å². The van der Waals surface area contributed by atoms with Crippen molar-refractivity contribution in [1.29, 1.82) is 0 Å². The molecule has 0 bridgehead atoms. The molecule has 4 nitrogen and oxygen atoms in total. The van der Waals surface area contributed by atoms with Gasteiger partial charge in [0, 0.05) is 18.2 Å². The van der Waals surface area contributed by atoms with E-state index < -0.39 is 16.4 Å².